The molecular formula is C8H9BO2. The topological polar surface area (TPSA) is 40.5 Å². The Morgan fingerprint density at radius 3 is 2.27 bits per heavy atom. The first-order chi connectivity index (χ1) is 5.30. The maximum atomic E-state index is 8.77. The standard InChI is InChI=1S/C8H9BO2/c10-9(11)8-6-4-2-1-3-5-7-8/h1-7,10-11H. The van der Waals surface area contributed by atoms with Gasteiger partial charge in [-0.15, -0.1) is 0 Å². The zero-order chi connectivity index (χ0) is 8.10. The van der Waals surface area contributed by atoms with Gasteiger partial charge in [0.1, 0.15) is 0 Å². The van der Waals surface area contributed by atoms with E-state index in [2.05, 4.69) is 0 Å². The highest BCUT2D eigenvalue weighted by Gasteiger charge is 2.09. The quantitative estimate of drug-likeness (QED) is 0.534. The van der Waals surface area contributed by atoms with Gasteiger partial charge in [-0.3, -0.25) is 0 Å². The van der Waals surface area contributed by atoms with Crippen LogP contribution < -0.4 is 0 Å². The van der Waals surface area contributed by atoms with E-state index in [1.54, 1.807) is 24.3 Å². The maximum absolute atomic E-state index is 8.77. The first-order valence-electron chi connectivity index (χ1n) is 3.38. The molecule has 1 aliphatic rings. The average molecular weight is 148 g/mol. The van der Waals surface area contributed by atoms with Gasteiger partial charge >= 0.3 is 7.12 Å². The second kappa shape index (κ2) is 3.96. The molecule has 0 saturated heterocycles. The third kappa shape index (κ3) is 2.57. The molecule has 0 amide bonds. The number of hydrogen-bond donors (Lipinski definition) is 2. The lowest BCUT2D eigenvalue weighted by Gasteiger charge is -1.97. The van der Waals surface area contributed by atoms with E-state index in [-0.39, 0.29) is 0 Å². The fraction of sp³-hybridized carbons (Fsp3) is 0. The van der Waals surface area contributed by atoms with Crippen LogP contribution in [0.15, 0.2) is 48.0 Å². The Morgan fingerprint density at radius 1 is 0.909 bits per heavy atom. The van der Waals surface area contributed by atoms with Crippen molar-refractivity contribution >= 4 is 7.12 Å². The predicted octanol–water partition coefficient (Wildman–Crippen LogP) is 0.607. The third-order valence-corrected chi connectivity index (χ3v) is 1.32. The summed E-state index contributed by atoms with van der Waals surface area (Å²) in [7, 11) is -1.39. The lowest BCUT2D eigenvalue weighted by atomic mass is 9.78. The molecule has 0 aromatic rings. The Kier molecular flexibility index (Phi) is 2.89. The van der Waals surface area contributed by atoms with Gasteiger partial charge in [-0.05, 0) is 5.47 Å². The molecule has 0 saturated carbocycles. The molecule has 0 atom stereocenters. The number of hydrogen-bond acceptors (Lipinski definition) is 2. The SMILES string of the molecule is OB(O)C1=CC=CC=CC=C1. The molecule has 1 rings (SSSR count). The van der Waals surface area contributed by atoms with Crippen LogP contribution in [0.25, 0.3) is 0 Å². The molecule has 3 heteroatoms. The lowest BCUT2D eigenvalue weighted by molar-refractivity contribution is 0.420. The monoisotopic (exact) mass is 148 g/mol. The van der Waals surface area contributed by atoms with Crippen molar-refractivity contribution in [1.29, 1.82) is 0 Å². The smallest absolute Gasteiger partial charge is 0.423 e. The highest BCUT2D eigenvalue weighted by atomic mass is 16.4. The first kappa shape index (κ1) is 8.05. The van der Waals surface area contributed by atoms with Crippen LogP contribution >= 0.6 is 0 Å². The molecule has 2 nitrogen and oxygen atoms in total. The summed E-state index contributed by atoms with van der Waals surface area (Å²) in [4.78, 5) is 0. The van der Waals surface area contributed by atoms with Crippen LogP contribution in [0.4, 0.5) is 0 Å². The Morgan fingerprint density at radius 2 is 1.55 bits per heavy atom. The average Bonchev–Trinajstić information content (AvgIpc) is 1.84. The van der Waals surface area contributed by atoms with E-state index in [1.165, 1.54) is 0 Å². The molecule has 1 aliphatic carbocycles. The zero-order valence-corrected chi connectivity index (χ0v) is 6.01. The molecule has 0 heterocycles. The molecule has 0 unspecified atom stereocenters. The van der Waals surface area contributed by atoms with Crippen molar-refractivity contribution in [1.82, 2.24) is 0 Å². The second-order valence-electron chi connectivity index (χ2n) is 2.17. The molecule has 0 radical (unpaired) electrons. The Bertz CT molecular complexity index is 236. The summed E-state index contributed by atoms with van der Waals surface area (Å²) in [6, 6.07) is 0. The van der Waals surface area contributed by atoms with E-state index in [9.17, 15) is 0 Å². The highest BCUT2D eigenvalue weighted by molar-refractivity contribution is 6.51. The zero-order valence-electron chi connectivity index (χ0n) is 6.01. The molecule has 0 bridgehead atoms. The van der Waals surface area contributed by atoms with E-state index >= 15 is 0 Å². The molecule has 2 N–H and O–H groups in total. The third-order valence-electron chi connectivity index (χ3n) is 1.32. The summed E-state index contributed by atoms with van der Waals surface area (Å²) >= 11 is 0. The summed E-state index contributed by atoms with van der Waals surface area (Å²) in [5.41, 5.74) is 0.491. The molecule has 0 spiro atoms. The molecule has 0 fully saturated rings. The van der Waals surface area contributed by atoms with Gasteiger partial charge in [-0.2, -0.15) is 0 Å². The minimum atomic E-state index is -1.39. The van der Waals surface area contributed by atoms with Gasteiger partial charge in [0, 0.05) is 0 Å². The van der Waals surface area contributed by atoms with Crippen LogP contribution in [0.2, 0.25) is 0 Å². The van der Waals surface area contributed by atoms with Gasteiger partial charge in [0.15, 0.2) is 0 Å². The highest BCUT2D eigenvalue weighted by Crippen LogP contribution is 2.01. The van der Waals surface area contributed by atoms with E-state index in [4.69, 9.17) is 10.0 Å². The van der Waals surface area contributed by atoms with E-state index in [0.29, 0.717) is 5.47 Å². The Hall–Kier alpha value is -1.06. The molecule has 0 aromatic heterocycles. The second-order valence-corrected chi connectivity index (χ2v) is 2.17. The van der Waals surface area contributed by atoms with E-state index in [1.807, 2.05) is 18.2 Å². The van der Waals surface area contributed by atoms with Crippen molar-refractivity contribution in [2.75, 3.05) is 0 Å². The Balaban J connectivity index is 2.78. The molecule has 0 aromatic carbocycles. The Labute approximate surface area is 66.0 Å². The van der Waals surface area contributed by atoms with Crippen molar-refractivity contribution in [2.24, 2.45) is 0 Å². The minimum absolute atomic E-state index is 0.491. The fourth-order valence-corrected chi connectivity index (χ4v) is 0.753. The van der Waals surface area contributed by atoms with Gasteiger partial charge in [-0.1, -0.05) is 42.5 Å². The molecular weight excluding hydrogens is 139 g/mol. The van der Waals surface area contributed by atoms with Crippen molar-refractivity contribution in [3.05, 3.63) is 48.0 Å². The van der Waals surface area contributed by atoms with Crippen LogP contribution in [0.5, 0.6) is 0 Å². The summed E-state index contributed by atoms with van der Waals surface area (Å²) in [6.07, 6.45) is 12.4. The molecule has 56 valence electrons. The normalized spacial score (nSPS) is 15.6. The summed E-state index contributed by atoms with van der Waals surface area (Å²) in [6.45, 7) is 0. The van der Waals surface area contributed by atoms with E-state index < -0.39 is 7.12 Å². The van der Waals surface area contributed by atoms with Gasteiger partial charge in [0.25, 0.3) is 0 Å². The summed E-state index contributed by atoms with van der Waals surface area (Å²) in [5.74, 6) is 0. The summed E-state index contributed by atoms with van der Waals surface area (Å²) < 4.78 is 0. The van der Waals surface area contributed by atoms with Gasteiger partial charge < -0.3 is 10.0 Å². The van der Waals surface area contributed by atoms with Gasteiger partial charge in [-0.25, -0.2) is 0 Å². The summed E-state index contributed by atoms with van der Waals surface area (Å²) in [5, 5.41) is 17.5. The number of rotatable bonds is 1. The van der Waals surface area contributed by atoms with Crippen LogP contribution in [-0.2, 0) is 0 Å². The van der Waals surface area contributed by atoms with Crippen LogP contribution in [0.3, 0.4) is 0 Å². The van der Waals surface area contributed by atoms with Crippen molar-refractivity contribution in [2.45, 2.75) is 0 Å². The number of allylic oxidation sites excluding steroid dienone is 8. The van der Waals surface area contributed by atoms with Gasteiger partial charge in [0.2, 0.25) is 0 Å². The molecule has 11 heavy (non-hydrogen) atoms. The predicted molar refractivity (Wildman–Crippen MR) is 45.7 cm³/mol. The van der Waals surface area contributed by atoms with Crippen LogP contribution in [-0.4, -0.2) is 17.2 Å². The van der Waals surface area contributed by atoms with Crippen molar-refractivity contribution in [3.63, 3.8) is 0 Å². The van der Waals surface area contributed by atoms with Crippen molar-refractivity contribution < 1.29 is 10.0 Å². The maximum Gasteiger partial charge on any atom is 0.488 e. The van der Waals surface area contributed by atoms with Crippen LogP contribution in [0.1, 0.15) is 0 Å². The van der Waals surface area contributed by atoms with Gasteiger partial charge in [0.05, 0.1) is 0 Å². The van der Waals surface area contributed by atoms with Crippen molar-refractivity contribution in [3.8, 4) is 0 Å². The van der Waals surface area contributed by atoms with Crippen LogP contribution in [0, 0.1) is 0 Å². The van der Waals surface area contributed by atoms with E-state index in [0.717, 1.165) is 0 Å². The minimum Gasteiger partial charge on any atom is -0.423 e. The fourth-order valence-electron chi connectivity index (χ4n) is 0.753. The lowest BCUT2D eigenvalue weighted by Crippen LogP contribution is -2.13. The largest absolute Gasteiger partial charge is 0.488 e. The molecule has 0 aliphatic heterocycles. The first-order valence-corrected chi connectivity index (χ1v) is 3.38.